The van der Waals surface area contributed by atoms with Crippen molar-refractivity contribution in [2.75, 3.05) is 51.3 Å². The van der Waals surface area contributed by atoms with Gasteiger partial charge in [0, 0.05) is 75.3 Å². The molecule has 3 aliphatic rings. The molecule has 49 heavy (non-hydrogen) atoms. The van der Waals surface area contributed by atoms with Gasteiger partial charge in [0.25, 0.3) is 0 Å². The first-order chi connectivity index (χ1) is 23.4. The molecule has 8 heteroatoms. The topological polar surface area (TPSA) is 69.1 Å². The number of aromatic nitrogens is 1. The summed E-state index contributed by atoms with van der Waals surface area (Å²) in [5.74, 6) is -0.425. The number of carbonyl (C=O) groups is 1. The SMILES string of the molecule is Cc1cc(F)ccc1CN1CCc2cc(-c3c(C(C)N(C)CC4CCOCC4)nc(C)c(CC(=O)O)c3N3CCC(C)(C)CC3)ccc2C1. The third kappa shape index (κ3) is 8.19. The van der Waals surface area contributed by atoms with Crippen LogP contribution in [0.4, 0.5) is 10.1 Å². The molecule has 7 nitrogen and oxygen atoms in total. The van der Waals surface area contributed by atoms with Crippen LogP contribution in [0, 0.1) is 31.0 Å². The number of fused-ring (bicyclic) bond motifs is 1. The molecule has 4 heterocycles. The zero-order valence-corrected chi connectivity index (χ0v) is 30.4. The maximum absolute atomic E-state index is 13.8. The maximum atomic E-state index is 13.8. The van der Waals surface area contributed by atoms with Crippen molar-refractivity contribution in [1.82, 2.24) is 14.8 Å². The molecule has 0 radical (unpaired) electrons. The zero-order chi connectivity index (χ0) is 34.9. The molecule has 6 rings (SSSR count). The molecule has 2 fully saturated rings. The van der Waals surface area contributed by atoms with E-state index in [2.05, 4.69) is 60.7 Å². The highest BCUT2D eigenvalue weighted by atomic mass is 19.1. The van der Waals surface area contributed by atoms with Crippen LogP contribution >= 0.6 is 0 Å². The summed E-state index contributed by atoms with van der Waals surface area (Å²) in [4.78, 5) is 25.0. The molecular formula is C41H55FN4O3. The lowest BCUT2D eigenvalue weighted by molar-refractivity contribution is -0.136. The predicted molar refractivity (Wildman–Crippen MR) is 195 cm³/mol. The fourth-order valence-electron chi connectivity index (χ4n) is 8.06. The van der Waals surface area contributed by atoms with Crippen molar-refractivity contribution in [3.63, 3.8) is 0 Å². The molecule has 2 saturated heterocycles. The number of hydrogen-bond acceptors (Lipinski definition) is 6. The second kappa shape index (κ2) is 14.9. The standard InChI is InChI=1S/C41H55FN4O3/c1-27-21-35(42)10-9-33(27)25-45-16-11-31-22-32(7-8-34(31)26-45)38-39(29(3)44(6)24-30-12-19-49-20-13-30)43-28(2)36(23-37(47)48)40(38)46-17-14-41(4,5)15-18-46/h7-10,21-22,29-30H,11-20,23-26H2,1-6H3,(H,47,48). The number of pyridine rings is 1. The smallest absolute Gasteiger partial charge is 0.307 e. The van der Waals surface area contributed by atoms with E-state index in [0.29, 0.717) is 5.92 Å². The zero-order valence-electron chi connectivity index (χ0n) is 30.4. The van der Waals surface area contributed by atoms with Gasteiger partial charge < -0.3 is 14.7 Å². The monoisotopic (exact) mass is 670 g/mol. The molecule has 0 aliphatic carbocycles. The largest absolute Gasteiger partial charge is 0.481 e. The number of hydrogen-bond donors (Lipinski definition) is 1. The third-order valence-corrected chi connectivity index (χ3v) is 11.5. The Bertz CT molecular complexity index is 1660. The van der Waals surface area contributed by atoms with Gasteiger partial charge in [-0.3, -0.25) is 19.6 Å². The van der Waals surface area contributed by atoms with E-state index in [1.54, 1.807) is 12.1 Å². The molecule has 3 aromatic rings. The minimum absolute atomic E-state index is 0.0425. The molecule has 2 aromatic carbocycles. The second-order valence-corrected chi connectivity index (χ2v) is 15.7. The molecule has 0 amide bonds. The number of carboxylic acid groups (broad SMARTS) is 1. The number of benzene rings is 2. The summed E-state index contributed by atoms with van der Waals surface area (Å²) in [6.45, 7) is 17.9. The van der Waals surface area contributed by atoms with Crippen molar-refractivity contribution in [3.8, 4) is 11.1 Å². The van der Waals surface area contributed by atoms with Crippen LogP contribution in [0.2, 0.25) is 0 Å². The van der Waals surface area contributed by atoms with Gasteiger partial charge in [0.15, 0.2) is 0 Å². The van der Waals surface area contributed by atoms with Crippen molar-refractivity contribution in [2.24, 2.45) is 11.3 Å². The van der Waals surface area contributed by atoms with E-state index in [4.69, 9.17) is 9.72 Å². The van der Waals surface area contributed by atoms with E-state index in [9.17, 15) is 14.3 Å². The summed E-state index contributed by atoms with van der Waals surface area (Å²) in [5, 5.41) is 10.1. The lowest BCUT2D eigenvalue weighted by atomic mass is 9.81. The normalized spacial score (nSPS) is 19.2. The van der Waals surface area contributed by atoms with Crippen molar-refractivity contribution >= 4 is 11.7 Å². The van der Waals surface area contributed by atoms with E-state index in [1.165, 1.54) is 11.1 Å². The predicted octanol–water partition coefficient (Wildman–Crippen LogP) is 7.74. The first kappa shape index (κ1) is 35.5. The lowest BCUT2D eigenvalue weighted by Gasteiger charge is -2.41. The molecule has 0 bridgehead atoms. The van der Waals surface area contributed by atoms with Gasteiger partial charge in [-0.15, -0.1) is 0 Å². The fraction of sp³-hybridized carbons (Fsp3) is 0.561. The molecule has 0 spiro atoms. The van der Waals surface area contributed by atoms with Crippen LogP contribution in [0.1, 0.15) is 91.7 Å². The summed E-state index contributed by atoms with van der Waals surface area (Å²) >= 11 is 0. The highest BCUT2D eigenvalue weighted by Gasteiger charge is 2.33. The first-order valence-corrected chi connectivity index (χ1v) is 18.3. The third-order valence-electron chi connectivity index (χ3n) is 11.5. The fourth-order valence-corrected chi connectivity index (χ4v) is 8.06. The van der Waals surface area contributed by atoms with Crippen LogP contribution in [-0.4, -0.2) is 72.3 Å². The average Bonchev–Trinajstić information content (AvgIpc) is 3.06. The number of nitrogens with zero attached hydrogens (tertiary/aromatic N) is 4. The van der Waals surface area contributed by atoms with Crippen LogP contribution in [-0.2, 0) is 35.5 Å². The van der Waals surface area contributed by atoms with Gasteiger partial charge in [0.2, 0.25) is 0 Å². The minimum atomic E-state index is -0.825. The van der Waals surface area contributed by atoms with Gasteiger partial charge >= 0.3 is 5.97 Å². The molecule has 0 saturated carbocycles. The number of aliphatic carboxylic acids is 1. The van der Waals surface area contributed by atoms with Crippen LogP contribution in [0.5, 0.6) is 0 Å². The van der Waals surface area contributed by atoms with Crippen molar-refractivity contribution < 1.29 is 19.0 Å². The number of aryl methyl sites for hydroxylation is 2. The van der Waals surface area contributed by atoms with Gasteiger partial charge in [-0.2, -0.15) is 0 Å². The van der Waals surface area contributed by atoms with Crippen LogP contribution in [0.15, 0.2) is 36.4 Å². The first-order valence-electron chi connectivity index (χ1n) is 18.3. The number of carboxylic acids is 1. The minimum Gasteiger partial charge on any atom is -0.481 e. The summed E-state index contributed by atoms with van der Waals surface area (Å²) in [7, 11) is 2.21. The Morgan fingerprint density at radius 3 is 2.51 bits per heavy atom. The Kier molecular flexibility index (Phi) is 10.8. The van der Waals surface area contributed by atoms with E-state index < -0.39 is 5.97 Å². The second-order valence-electron chi connectivity index (χ2n) is 15.7. The van der Waals surface area contributed by atoms with Gasteiger partial charge in [-0.05, 0) is 111 Å². The van der Waals surface area contributed by atoms with Crippen molar-refractivity contribution in [3.05, 3.63) is 81.4 Å². The van der Waals surface area contributed by atoms with E-state index >= 15 is 0 Å². The van der Waals surface area contributed by atoms with Crippen LogP contribution in [0.3, 0.4) is 0 Å². The van der Waals surface area contributed by atoms with E-state index in [1.807, 2.05) is 19.9 Å². The molecule has 1 atom stereocenters. The quantitative estimate of drug-likeness (QED) is 0.237. The van der Waals surface area contributed by atoms with E-state index in [-0.39, 0.29) is 23.7 Å². The number of piperidine rings is 1. The molecule has 3 aliphatic heterocycles. The molecule has 264 valence electrons. The highest BCUT2D eigenvalue weighted by molar-refractivity contribution is 5.87. The van der Waals surface area contributed by atoms with Crippen LogP contribution < -0.4 is 4.90 Å². The Morgan fingerprint density at radius 2 is 1.82 bits per heavy atom. The Hall–Kier alpha value is -3.33. The maximum Gasteiger partial charge on any atom is 0.307 e. The Morgan fingerprint density at radius 1 is 1.08 bits per heavy atom. The number of halogens is 1. The highest BCUT2D eigenvalue weighted by Crippen LogP contribution is 2.45. The van der Waals surface area contributed by atoms with Gasteiger partial charge in [-0.25, -0.2) is 4.39 Å². The molecular weight excluding hydrogens is 615 g/mol. The summed E-state index contributed by atoms with van der Waals surface area (Å²) < 4.78 is 19.4. The lowest BCUT2D eigenvalue weighted by Crippen LogP contribution is -2.39. The van der Waals surface area contributed by atoms with E-state index in [0.717, 1.165) is 129 Å². The van der Waals surface area contributed by atoms with Crippen molar-refractivity contribution in [1.29, 1.82) is 0 Å². The van der Waals surface area contributed by atoms with Crippen molar-refractivity contribution in [2.45, 2.75) is 92.3 Å². The van der Waals surface area contributed by atoms with Crippen LogP contribution in [0.25, 0.3) is 11.1 Å². The Balaban J connectivity index is 1.40. The van der Waals surface area contributed by atoms with Gasteiger partial charge in [0.1, 0.15) is 5.82 Å². The Labute approximate surface area is 292 Å². The van der Waals surface area contributed by atoms with Gasteiger partial charge in [-0.1, -0.05) is 38.1 Å². The summed E-state index contributed by atoms with van der Waals surface area (Å²) in [5.41, 5.74) is 11.0. The van der Waals surface area contributed by atoms with Gasteiger partial charge in [0.05, 0.1) is 17.8 Å². The summed E-state index contributed by atoms with van der Waals surface area (Å²) in [6, 6.07) is 12.0. The molecule has 1 unspecified atom stereocenters. The number of rotatable bonds is 10. The summed E-state index contributed by atoms with van der Waals surface area (Å²) in [6.07, 6.45) is 5.14. The number of ether oxygens (including phenoxy) is 1. The average molecular weight is 671 g/mol. The number of anilines is 1. The molecule has 1 aromatic heterocycles. The molecule has 1 N–H and O–H groups in total.